The maximum atomic E-state index is 9.54. The summed E-state index contributed by atoms with van der Waals surface area (Å²) in [4.78, 5) is 0. The van der Waals surface area contributed by atoms with Crippen LogP contribution in [-0.2, 0) is 0 Å². The molecule has 0 aromatic heterocycles. The Kier molecular flexibility index (Phi) is 5.49. The van der Waals surface area contributed by atoms with Crippen LogP contribution in [0.15, 0.2) is 24.3 Å². The molecule has 0 radical (unpaired) electrons. The summed E-state index contributed by atoms with van der Waals surface area (Å²) in [6, 6.07) is 8.32. The van der Waals surface area contributed by atoms with E-state index in [1.165, 1.54) is 18.4 Å². The standard InChI is InChI=1S/C15H25NO/c1-4-5-6-11-15(3,12-17)16-14-9-7-13(2)8-10-14/h7-10,16-17H,4-6,11-12H2,1-3H3. The molecular weight excluding hydrogens is 210 g/mol. The molecule has 96 valence electrons. The van der Waals surface area contributed by atoms with Crippen LogP contribution in [0.2, 0.25) is 0 Å². The van der Waals surface area contributed by atoms with Gasteiger partial charge in [-0.2, -0.15) is 0 Å². The Bertz CT molecular complexity index is 320. The molecule has 0 spiro atoms. The average Bonchev–Trinajstić information content (AvgIpc) is 2.33. The van der Waals surface area contributed by atoms with Crippen molar-refractivity contribution in [1.29, 1.82) is 0 Å². The largest absolute Gasteiger partial charge is 0.394 e. The third-order valence-electron chi connectivity index (χ3n) is 3.18. The van der Waals surface area contributed by atoms with Gasteiger partial charge in [-0.3, -0.25) is 0 Å². The quantitative estimate of drug-likeness (QED) is 0.706. The summed E-state index contributed by atoms with van der Waals surface area (Å²) in [7, 11) is 0. The summed E-state index contributed by atoms with van der Waals surface area (Å²) < 4.78 is 0. The first-order valence-corrected chi connectivity index (χ1v) is 6.55. The van der Waals surface area contributed by atoms with Gasteiger partial charge >= 0.3 is 0 Å². The van der Waals surface area contributed by atoms with Gasteiger partial charge in [-0.1, -0.05) is 43.9 Å². The number of hydrogen-bond acceptors (Lipinski definition) is 2. The smallest absolute Gasteiger partial charge is 0.0658 e. The molecule has 1 atom stereocenters. The molecule has 17 heavy (non-hydrogen) atoms. The lowest BCUT2D eigenvalue weighted by Crippen LogP contribution is -2.38. The Balaban J connectivity index is 2.58. The number of aliphatic hydroxyl groups excluding tert-OH is 1. The highest BCUT2D eigenvalue weighted by Gasteiger charge is 2.22. The number of unbranched alkanes of at least 4 members (excludes halogenated alkanes) is 2. The molecule has 0 saturated carbocycles. The average molecular weight is 235 g/mol. The predicted octanol–water partition coefficient (Wildman–Crippen LogP) is 3.74. The zero-order valence-electron chi connectivity index (χ0n) is 11.3. The number of benzene rings is 1. The van der Waals surface area contributed by atoms with Crippen molar-refractivity contribution >= 4 is 5.69 Å². The zero-order chi connectivity index (χ0) is 12.7. The number of anilines is 1. The summed E-state index contributed by atoms with van der Waals surface area (Å²) in [5, 5.41) is 13.0. The SMILES string of the molecule is CCCCCC(C)(CO)Nc1ccc(C)cc1. The first-order valence-electron chi connectivity index (χ1n) is 6.55. The number of rotatable bonds is 7. The van der Waals surface area contributed by atoms with E-state index in [1.807, 2.05) is 0 Å². The van der Waals surface area contributed by atoms with Gasteiger partial charge in [-0.15, -0.1) is 0 Å². The van der Waals surface area contributed by atoms with Gasteiger partial charge < -0.3 is 10.4 Å². The van der Waals surface area contributed by atoms with Gasteiger partial charge in [0.2, 0.25) is 0 Å². The van der Waals surface area contributed by atoms with Crippen molar-refractivity contribution in [3.63, 3.8) is 0 Å². The Hall–Kier alpha value is -1.02. The van der Waals surface area contributed by atoms with Gasteiger partial charge in [-0.25, -0.2) is 0 Å². The van der Waals surface area contributed by atoms with Crippen LogP contribution >= 0.6 is 0 Å². The molecule has 2 heteroatoms. The third-order valence-corrected chi connectivity index (χ3v) is 3.18. The predicted molar refractivity (Wildman–Crippen MR) is 74.4 cm³/mol. The molecule has 0 aliphatic rings. The normalized spacial score (nSPS) is 14.4. The fraction of sp³-hybridized carbons (Fsp3) is 0.600. The molecule has 1 rings (SSSR count). The molecule has 0 amide bonds. The molecule has 0 heterocycles. The topological polar surface area (TPSA) is 32.3 Å². The molecule has 0 saturated heterocycles. The molecule has 0 fully saturated rings. The van der Waals surface area contributed by atoms with Crippen molar-refractivity contribution in [2.45, 2.75) is 52.0 Å². The van der Waals surface area contributed by atoms with Crippen molar-refractivity contribution in [3.8, 4) is 0 Å². The number of aryl methyl sites for hydroxylation is 1. The Morgan fingerprint density at radius 3 is 2.35 bits per heavy atom. The highest BCUT2D eigenvalue weighted by atomic mass is 16.3. The Labute approximate surface area is 105 Å². The summed E-state index contributed by atoms with van der Waals surface area (Å²) in [5.41, 5.74) is 2.14. The first-order chi connectivity index (χ1) is 8.09. The second-order valence-electron chi connectivity index (χ2n) is 5.17. The minimum absolute atomic E-state index is 0.171. The molecular formula is C15H25NO. The van der Waals surface area contributed by atoms with Crippen LogP contribution in [0, 0.1) is 6.92 Å². The fourth-order valence-corrected chi connectivity index (χ4v) is 1.93. The van der Waals surface area contributed by atoms with Crippen molar-refractivity contribution in [2.24, 2.45) is 0 Å². The molecule has 1 aromatic rings. The Morgan fingerprint density at radius 1 is 1.18 bits per heavy atom. The van der Waals surface area contributed by atoms with Gasteiger partial charge in [-0.05, 0) is 32.4 Å². The zero-order valence-corrected chi connectivity index (χ0v) is 11.3. The van der Waals surface area contributed by atoms with Crippen LogP contribution < -0.4 is 5.32 Å². The molecule has 0 aliphatic carbocycles. The van der Waals surface area contributed by atoms with Crippen molar-refractivity contribution in [3.05, 3.63) is 29.8 Å². The number of hydrogen-bond donors (Lipinski definition) is 2. The second kappa shape index (κ2) is 6.65. The van der Waals surface area contributed by atoms with E-state index in [0.717, 1.165) is 18.5 Å². The Morgan fingerprint density at radius 2 is 1.82 bits per heavy atom. The molecule has 0 aliphatic heterocycles. The summed E-state index contributed by atoms with van der Waals surface area (Å²) >= 11 is 0. The van der Waals surface area contributed by atoms with Crippen molar-refractivity contribution < 1.29 is 5.11 Å². The van der Waals surface area contributed by atoms with Gasteiger partial charge in [0.15, 0.2) is 0 Å². The van der Waals surface area contributed by atoms with E-state index in [1.54, 1.807) is 0 Å². The fourth-order valence-electron chi connectivity index (χ4n) is 1.93. The lowest BCUT2D eigenvalue weighted by atomic mass is 9.95. The molecule has 0 bridgehead atoms. The van der Waals surface area contributed by atoms with Crippen LogP contribution in [0.25, 0.3) is 0 Å². The van der Waals surface area contributed by atoms with Crippen LogP contribution in [-0.4, -0.2) is 17.3 Å². The number of nitrogens with one attached hydrogen (secondary N) is 1. The van der Waals surface area contributed by atoms with E-state index in [-0.39, 0.29) is 12.1 Å². The lowest BCUT2D eigenvalue weighted by Gasteiger charge is -2.30. The van der Waals surface area contributed by atoms with Crippen LogP contribution in [0.3, 0.4) is 0 Å². The molecule has 2 N–H and O–H groups in total. The van der Waals surface area contributed by atoms with Gasteiger partial charge in [0.05, 0.1) is 12.1 Å². The van der Waals surface area contributed by atoms with E-state index in [4.69, 9.17) is 0 Å². The number of aliphatic hydroxyl groups is 1. The van der Waals surface area contributed by atoms with E-state index in [9.17, 15) is 5.11 Å². The van der Waals surface area contributed by atoms with E-state index in [0.29, 0.717) is 0 Å². The van der Waals surface area contributed by atoms with Crippen LogP contribution in [0.1, 0.15) is 45.1 Å². The van der Waals surface area contributed by atoms with Crippen LogP contribution in [0.5, 0.6) is 0 Å². The minimum atomic E-state index is -0.204. The summed E-state index contributed by atoms with van der Waals surface area (Å²) in [6.45, 7) is 6.53. The molecule has 1 aromatic carbocycles. The minimum Gasteiger partial charge on any atom is -0.394 e. The van der Waals surface area contributed by atoms with Gasteiger partial charge in [0.1, 0.15) is 0 Å². The van der Waals surface area contributed by atoms with Crippen LogP contribution in [0.4, 0.5) is 5.69 Å². The highest BCUT2D eigenvalue weighted by molar-refractivity contribution is 5.46. The third kappa shape index (κ3) is 4.78. The maximum absolute atomic E-state index is 9.54. The van der Waals surface area contributed by atoms with E-state index < -0.39 is 0 Å². The second-order valence-corrected chi connectivity index (χ2v) is 5.17. The molecule has 1 unspecified atom stereocenters. The summed E-state index contributed by atoms with van der Waals surface area (Å²) in [5.74, 6) is 0. The maximum Gasteiger partial charge on any atom is 0.0658 e. The van der Waals surface area contributed by atoms with Crippen molar-refractivity contribution in [2.75, 3.05) is 11.9 Å². The molecule has 2 nitrogen and oxygen atoms in total. The van der Waals surface area contributed by atoms with Gasteiger partial charge in [0, 0.05) is 5.69 Å². The van der Waals surface area contributed by atoms with E-state index >= 15 is 0 Å². The first kappa shape index (κ1) is 14.0. The highest BCUT2D eigenvalue weighted by Crippen LogP contribution is 2.21. The van der Waals surface area contributed by atoms with Crippen molar-refractivity contribution in [1.82, 2.24) is 0 Å². The lowest BCUT2D eigenvalue weighted by molar-refractivity contribution is 0.212. The summed E-state index contributed by atoms with van der Waals surface area (Å²) in [6.07, 6.45) is 4.61. The van der Waals surface area contributed by atoms with Gasteiger partial charge in [0.25, 0.3) is 0 Å². The van der Waals surface area contributed by atoms with E-state index in [2.05, 4.69) is 50.4 Å². The monoisotopic (exact) mass is 235 g/mol.